The maximum atomic E-state index is 12.7. The van der Waals surface area contributed by atoms with Crippen LogP contribution < -0.4 is 5.32 Å². The number of non-ortho nitro benzene ring substituents is 1. The molecule has 2 N–H and O–H groups in total. The van der Waals surface area contributed by atoms with Crippen molar-refractivity contribution >= 4 is 33.8 Å². The molecule has 7 heteroatoms. The second-order valence-electron chi connectivity index (χ2n) is 6.46. The first-order chi connectivity index (χ1) is 12.9. The standard InChI is InChI=1S/C20H14N2O5/c23-18(14-6-5-12-3-1-2-4-13(12)9-14)11-20(25)16-10-15(22(26)27)7-8-17(16)21-19(20)24/h1-10,25H,11H2,(H,21,24). The van der Waals surface area contributed by atoms with Gasteiger partial charge in [0.05, 0.1) is 11.3 Å². The van der Waals surface area contributed by atoms with Crippen molar-refractivity contribution in [2.75, 3.05) is 5.32 Å². The number of Topliss-reactive ketones (excluding diaryl/α,β-unsaturated/α-hetero) is 1. The first-order valence-electron chi connectivity index (χ1n) is 8.23. The van der Waals surface area contributed by atoms with E-state index in [4.69, 9.17) is 0 Å². The maximum absolute atomic E-state index is 12.7. The number of nitrogens with zero attached hydrogens (tertiary/aromatic N) is 1. The van der Waals surface area contributed by atoms with Crippen LogP contribution in [-0.4, -0.2) is 21.7 Å². The molecule has 1 aliphatic heterocycles. The maximum Gasteiger partial charge on any atom is 0.269 e. The third kappa shape index (κ3) is 2.74. The van der Waals surface area contributed by atoms with Crippen LogP contribution in [0.5, 0.6) is 0 Å². The molecule has 0 spiro atoms. The molecule has 1 heterocycles. The lowest BCUT2D eigenvalue weighted by molar-refractivity contribution is -0.385. The summed E-state index contributed by atoms with van der Waals surface area (Å²) in [5.41, 5.74) is -1.75. The molecule has 0 radical (unpaired) electrons. The predicted molar refractivity (Wildman–Crippen MR) is 98.5 cm³/mol. The zero-order valence-corrected chi connectivity index (χ0v) is 14.0. The first kappa shape index (κ1) is 16.9. The zero-order chi connectivity index (χ0) is 19.2. The highest BCUT2D eigenvalue weighted by atomic mass is 16.6. The van der Waals surface area contributed by atoms with Gasteiger partial charge in [-0.15, -0.1) is 0 Å². The van der Waals surface area contributed by atoms with Crippen molar-refractivity contribution in [2.24, 2.45) is 0 Å². The predicted octanol–water partition coefficient (Wildman–Crippen LogP) is 3.16. The Balaban J connectivity index is 1.70. The van der Waals surface area contributed by atoms with E-state index in [2.05, 4.69) is 5.32 Å². The Labute approximate surface area is 153 Å². The summed E-state index contributed by atoms with van der Waals surface area (Å²) in [5.74, 6) is -1.20. The van der Waals surface area contributed by atoms with Crippen molar-refractivity contribution in [1.82, 2.24) is 0 Å². The van der Waals surface area contributed by atoms with E-state index < -0.39 is 28.6 Å². The van der Waals surface area contributed by atoms with Gasteiger partial charge in [0, 0.05) is 28.9 Å². The van der Waals surface area contributed by atoms with Gasteiger partial charge in [0.25, 0.3) is 11.6 Å². The van der Waals surface area contributed by atoms with Crippen LogP contribution in [0.4, 0.5) is 11.4 Å². The number of nitro benzene ring substituents is 1. The van der Waals surface area contributed by atoms with Gasteiger partial charge in [0.2, 0.25) is 0 Å². The molecule has 1 aliphatic rings. The van der Waals surface area contributed by atoms with Gasteiger partial charge in [0.1, 0.15) is 0 Å². The van der Waals surface area contributed by atoms with Crippen molar-refractivity contribution in [3.8, 4) is 0 Å². The Bertz CT molecular complexity index is 1120. The lowest BCUT2D eigenvalue weighted by Crippen LogP contribution is -2.36. The fourth-order valence-corrected chi connectivity index (χ4v) is 3.32. The van der Waals surface area contributed by atoms with Crippen LogP contribution in [0.3, 0.4) is 0 Å². The molecule has 0 aromatic heterocycles. The molecular weight excluding hydrogens is 348 g/mol. The third-order valence-corrected chi connectivity index (χ3v) is 4.77. The van der Waals surface area contributed by atoms with Crippen molar-refractivity contribution < 1.29 is 19.6 Å². The minimum absolute atomic E-state index is 0.0378. The third-order valence-electron chi connectivity index (χ3n) is 4.77. The molecule has 0 aliphatic carbocycles. The summed E-state index contributed by atoms with van der Waals surface area (Å²) in [4.78, 5) is 35.5. The van der Waals surface area contributed by atoms with E-state index in [9.17, 15) is 24.8 Å². The summed E-state index contributed by atoms with van der Waals surface area (Å²) in [6.45, 7) is 0. The minimum Gasteiger partial charge on any atom is -0.375 e. The largest absolute Gasteiger partial charge is 0.375 e. The van der Waals surface area contributed by atoms with Gasteiger partial charge in [-0.1, -0.05) is 36.4 Å². The highest BCUT2D eigenvalue weighted by Gasteiger charge is 2.47. The molecule has 0 fully saturated rings. The Hall–Kier alpha value is -3.58. The molecule has 134 valence electrons. The highest BCUT2D eigenvalue weighted by Crippen LogP contribution is 2.41. The van der Waals surface area contributed by atoms with Crippen molar-refractivity contribution in [3.05, 3.63) is 81.9 Å². The molecule has 7 nitrogen and oxygen atoms in total. The lowest BCUT2D eigenvalue weighted by atomic mass is 9.87. The molecule has 0 bridgehead atoms. The number of amides is 1. The molecule has 0 saturated carbocycles. The molecule has 1 amide bonds. The van der Waals surface area contributed by atoms with Gasteiger partial charge in [0.15, 0.2) is 11.4 Å². The second-order valence-corrected chi connectivity index (χ2v) is 6.46. The summed E-state index contributed by atoms with van der Waals surface area (Å²) < 4.78 is 0. The summed E-state index contributed by atoms with van der Waals surface area (Å²) in [6.07, 6.45) is -0.509. The van der Waals surface area contributed by atoms with Crippen LogP contribution in [-0.2, 0) is 10.4 Å². The number of carbonyl (C=O) groups is 2. The second kappa shape index (κ2) is 6.00. The van der Waals surface area contributed by atoms with E-state index in [1.54, 1.807) is 18.2 Å². The average Bonchev–Trinajstić information content (AvgIpc) is 2.91. The number of nitro groups is 1. The number of benzene rings is 3. The molecule has 3 aromatic rings. The van der Waals surface area contributed by atoms with Gasteiger partial charge in [-0.3, -0.25) is 19.7 Å². The summed E-state index contributed by atoms with van der Waals surface area (Å²) in [6, 6.07) is 16.3. The average molecular weight is 362 g/mol. The molecule has 27 heavy (non-hydrogen) atoms. The number of hydrogen-bond acceptors (Lipinski definition) is 5. The van der Waals surface area contributed by atoms with E-state index in [-0.39, 0.29) is 16.9 Å². The van der Waals surface area contributed by atoms with E-state index in [1.807, 2.05) is 24.3 Å². The van der Waals surface area contributed by atoms with E-state index in [0.29, 0.717) is 5.56 Å². The van der Waals surface area contributed by atoms with E-state index in [0.717, 1.165) is 16.8 Å². The van der Waals surface area contributed by atoms with Crippen LogP contribution in [0.2, 0.25) is 0 Å². The number of fused-ring (bicyclic) bond motifs is 2. The number of anilines is 1. The fraction of sp³-hybridized carbons (Fsp3) is 0.100. The zero-order valence-electron chi connectivity index (χ0n) is 14.0. The molecular formula is C20H14N2O5. The number of carbonyl (C=O) groups excluding carboxylic acids is 2. The number of aliphatic hydroxyl groups is 1. The van der Waals surface area contributed by atoms with E-state index in [1.165, 1.54) is 12.1 Å². The van der Waals surface area contributed by atoms with Gasteiger partial charge in [-0.05, 0) is 22.9 Å². The normalized spacial score (nSPS) is 18.2. The fourth-order valence-electron chi connectivity index (χ4n) is 3.32. The molecule has 1 unspecified atom stereocenters. The Morgan fingerprint density at radius 2 is 1.81 bits per heavy atom. The van der Waals surface area contributed by atoms with Crippen molar-refractivity contribution in [3.63, 3.8) is 0 Å². The number of ketones is 1. The van der Waals surface area contributed by atoms with Gasteiger partial charge >= 0.3 is 0 Å². The Morgan fingerprint density at radius 1 is 1.07 bits per heavy atom. The number of nitrogens with one attached hydrogen (secondary N) is 1. The minimum atomic E-state index is -2.15. The highest BCUT2D eigenvalue weighted by molar-refractivity contribution is 6.10. The molecule has 0 saturated heterocycles. The van der Waals surface area contributed by atoms with Gasteiger partial charge < -0.3 is 10.4 Å². The van der Waals surface area contributed by atoms with Crippen LogP contribution in [0, 0.1) is 10.1 Å². The molecule has 4 rings (SSSR count). The molecule has 3 aromatic carbocycles. The van der Waals surface area contributed by atoms with Gasteiger partial charge in [-0.2, -0.15) is 0 Å². The van der Waals surface area contributed by atoms with E-state index >= 15 is 0 Å². The Morgan fingerprint density at radius 3 is 2.56 bits per heavy atom. The number of rotatable bonds is 4. The van der Waals surface area contributed by atoms with Crippen molar-refractivity contribution in [2.45, 2.75) is 12.0 Å². The van der Waals surface area contributed by atoms with Gasteiger partial charge in [-0.25, -0.2) is 0 Å². The lowest BCUT2D eigenvalue weighted by Gasteiger charge is -2.20. The smallest absolute Gasteiger partial charge is 0.269 e. The molecule has 1 atom stereocenters. The van der Waals surface area contributed by atoms with Crippen LogP contribution in [0.1, 0.15) is 22.3 Å². The first-order valence-corrected chi connectivity index (χ1v) is 8.23. The summed E-state index contributed by atoms with van der Waals surface area (Å²) >= 11 is 0. The SMILES string of the molecule is O=C(CC1(O)C(=O)Nc2ccc([N+](=O)[O-])cc21)c1ccc2ccccc2c1. The topological polar surface area (TPSA) is 110 Å². The Kier molecular flexibility index (Phi) is 3.75. The van der Waals surface area contributed by atoms with Crippen LogP contribution >= 0.6 is 0 Å². The monoisotopic (exact) mass is 362 g/mol. The van der Waals surface area contributed by atoms with Crippen molar-refractivity contribution in [1.29, 1.82) is 0 Å². The van der Waals surface area contributed by atoms with Crippen LogP contribution in [0.25, 0.3) is 10.8 Å². The number of hydrogen-bond donors (Lipinski definition) is 2. The summed E-state index contributed by atoms with van der Waals surface area (Å²) in [5, 5.41) is 26.2. The summed E-state index contributed by atoms with van der Waals surface area (Å²) in [7, 11) is 0. The quantitative estimate of drug-likeness (QED) is 0.421. The van der Waals surface area contributed by atoms with Crippen LogP contribution in [0.15, 0.2) is 60.7 Å².